The van der Waals surface area contributed by atoms with Gasteiger partial charge in [-0.25, -0.2) is 8.42 Å². The van der Waals surface area contributed by atoms with Gasteiger partial charge in [0.15, 0.2) is 0 Å². The molecule has 2 rings (SSSR count). The predicted octanol–water partition coefficient (Wildman–Crippen LogP) is 1.52. The lowest BCUT2D eigenvalue weighted by Gasteiger charge is -2.38. The molecule has 0 aromatic carbocycles. The molecule has 2 aliphatic heterocycles. The van der Waals surface area contributed by atoms with E-state index in [9.17, 15) is 13.2 Å². The Bertz CT molecular complexity index is 429. The second-order valence-electron chi connectivity index (χ2n) is 5.44. The van der Waals surface area contributed by atoms with E-state index in [1.54, 1.807) is 6.08 Å². The first-order valence-corrected chi connectivity index (χ1v) is 8.50. The molecule has 0 radical (unpaired) electrons. The zero-order valence-corrected chi connectivity index (χ0v) is 11.7. The van der Waals surface area contributed by atoms with Crippen molar-refractivity contribution in [3.8, 4) is 0 Å². The molecule has 2 aliphatic rings. The van der Waals surface area contributed by atoms with E-state index in [1.807, 2.05) is 4.90 Å². The minimum absolute atomic E-state index is 0.140. The van der Waals surface area contributed by atoms with Gasteiger partial charge in [0.05, 0.1) is 5.25 Å². The Morgan fingerprint density at radius 2 is 1.89 bits per heavy atom. The zero-order valence-electron chi connectivity index (χ0n) is 10.8. The molecule has 2 unspecified atom stereocenters. The Hall–Kier alpha value is -0.840. The van der Waals surface area contributed by atoms with Gasteiger partial charge in [-0.1, -0.05) is 6.08 Å². The molecule has 0 N–H and O–H groups in total. The molecule has 2 saturated heterocycles. The number of carbonyl (C=O) groups excluding carboxylic acids is 1. The van der Waals surface area contributed by atoms with Crippen LogP contribution in [0.4, 0.5) is 0 Å². The summed E-state index contributed by atoms with van der Waals surface area (Å²) in [4.78, 5) is 14.1. The van der Waals surface area contributed by atoms with E-state index < -0.39 is 9.84 Å². The lowest BCUT2D eigenvalue weighted by molar-refractivity contribution is -0.135. The summed E-state index contributed by atoms with van der Waals surface area (Å²) in [7, 11) is -2.97. The summed E-state index contributed by atoms with van der Waals surface area (Å²) in [5.41, 5.74) is 0. The van der Waals surface area contributed by atoms with Crippen molar-refractivity contribution in [2.24, 2.45) is 0 Å². The van der Waals surface area contributed by atoms with Crippen LogP contribution in [0.5, 0.6) is 0 Å². The first-order valence-electron chi connectivity index (χ1n) is 6.54. The number of fused-ring (bicyclic) bond motifs is 2. The van der Waals surface area contributed by atoms with Crippen LogP contribution < -0.4 is 0 Å². The summed E-state index contributed by atoms with van der Waals surface area (Å²) >= 11 is 0. The van der Waals surface area contributed by atoms with Gasteiger partial charge in [-0.15, -0.1) is 6.58 Å². The molecule has 0 spiro atoms. The third-order valence-corrected chi connectivity index (χ3v) is 5.74. The van der Waals surface area contributed by atoms with Crippen molar-refractivity contribution in [1.82, 2.24) is 4.90 Å². The number of amides is 1. The predicted molar refractivity (Wildman–Crippen MR) is 71.0 cm³/mol. The summed E-state index contributed by atoms with van der Waals surface area (Å²) < 4.78 is 23.3. The van der Waals surface area contributed by atoms with Gasteiger partial charge in [-0.2, -0.15) is 0 Å². The van der Waals surface area contributed by atoms with Gasteiger partial charge in [0.1, 0.15) is 9.84 Å². The first kappa shape index (κ1) is 13.6. The molecule has 102 valence electrons. The van der Waals surface area contributed by atoms with Crippen LogP contribution in [0.15, 0.2) is 12.7 Å². The van der Waals surface area contributed by atoms with E-state index >= 15 is 0 Å². The highest BCUT2D eigenvalue weighted by Gasteiger charge is 2.45. The Labute approximate surface area is 109 Å². The van der Waals surface area contributed by atoms with E-state index in [0.717, 1.165) is 12.8 Å². The highest BCUT2D eigenvalue weighted by atomic mass is 32.2. The van der Waals surface area contributed by atoms with E-state index in [1.165, 1.54) is 6.26 Å². The van der Waals surface area contributed by atoms with E-state index in [2.05, 4.69) is 6.58 Å². The van der Waals surface area contributed by atoms with E-state index in [4.69, 9.17) is 0 Å². The fourth-order valence-corrected chi connectivity index (χ4v) is 4.38. The van der Waals surface area contributed by atoms with Gasteiger partial charge >= 0.3 is 0 Å². The minimum atomic E-state index is -2.97. The monoisotopic (exact) mass is 271 g/mol. The molecule has 0 aromatic rings. The third kappa shape index (κ3) is 2.60. The Kier molecular flexibility index (Phi) is 3.80. The number of piperidine rings is 1. The van der Waals surface area contributed by atoms with Crippen LogP contribution in [0.1, 0.15) is 38.5 Å². The number of nitrogens with zero attached hydrogens (tertiary/aromatic N) is 1. The van der Waals surface area contributed by atoms with Crippen LogP contribution in [0, 0.1) is 0 Å². The fourth-order valence-electron chi connectivity index (χ4n) is 3.24. The molecule has 18 heavy (non-hydrogen) atoms. The highest BCUT2D eigenvalue weighted by Crippen LogP contribution is 2.38. The van der Waals surface area contributed by atoms with Crippen molar-refractivity contribution in [1.29, 1.82) is 0 Å². The molecule has 2 atom stereocenters. The van der Waals surface area contributed by atoms with Gasteiger partial charge in [0.25, 0.3) is 0 Å². The van der Waals surface area contributed by atoms with Crippen LogP contribution in [0.25, 0.3) is 0 Å². The number of hydrogen-bond acceptors (Lipinski definition) is 3. The number of hydrogen-bond donors (Lipinski definition) is 0. The SMILES string of the molecule is C=CCCC(=O)N1C2CCC1CC(S(C)(=O)=O)C2. The second-order valence-corrected chi connectivity index (χ2v) is 7.76. The van der Waals surface area contributed by atoms with Gasteiger partial charge in [-0.05, 0) is 32.1 Å². The van der Waals surface area contributed by atoms with Crippen LogP contribution >= 0.6 is 0 Å². The van der Waals surface area contributed by atoms with Crippen molar-refractivity contribution < 1.29 is 13.2 Å². The Morgan fingerprint density at radius 1 is 1.33 bits per heavy atom. The maximum Gasteiger partial charge on any atom is 0.223 e. The number of rotatable bonds is 4. The third-order valence-electron chi connectivity index (χ3n) is 4.15. The van der Waals surface area contributed by atoms with Crippen LogP contribution in [0.2, 0.25) is 0 Å². The molecule has 2 fully saturated rings. The van der Waals surface area contributed by atoms with Crippen molar-refractivity contribution in [3.05, 3.63) is 12.7 Å². The topological polar surface area (TPSA) is 54.5 Å². The molecule has 5 heteroatoms. The average molecular weight is 271 g/mol. The summed E-state index contributed by atoms with van der Waals surface area (Å²) in [6, 6.07) is 0.279. The summed E-state index contributed by atoms with van der Waals surface area (Å²) in [6.07, 6.45) is 7.41. The quantitative estimate of drug-likeness (QED) is 0.728. The van der Waals surface area contributed by atoms with E-state index in [-0.39, 0.29) is 23.2 Å². The lowest BCUT2D eigenvalue weighted by Crippen LogP contribution is -2.49. The molecule has 4 nitrogen and oxygen atoms in total. The Morgan fingerprint density at radius 3 is 2.33 bits per heavy atom. The number of sulfone groups is 1. The van der Waals surface area contributed by atoms with Crippen molar-refractivity contribution in [3.63, 3.8) is 0 Å². The maximum atomic E-state index is 12.1. The molecular weight excluding hydrogens is 250 g/mol. The standard InChI is InChI=1S/C13H21NO3S/c1-3-4-5-13(15)14-10-6-7-11(14)9-12(8-10)18(2,16)17/h3,10-12H,1,4-9H2,2H3. The lowest BCUT2D eigenvalue weighted by atomic mass is 10.0. The normalized spacial score (nSPS) is 31.4. The minimum Gasteiger partial charge on any atom is -0.337 e. The second kappa shape index (κ2) is 5.03. The molecule has 0 aromatic heterocycles. The van der Waals surface area contributed by atoms with Crippen LogP contribution in [-0.4, -0.2) is 42.8 Å². The molecule has 1 amide bonds. The molecule has 2 heterocycles. The van der Waals surface area contributed by atoms with Crippen molar-refractivity contribution >= 4 is 15.7 Å². The fraction of sp³-hybridized carbons (Fsp3) is 0.769. The van der Waals surface area contributed by atoms with Crippen LogP contribution in [0.3, 0.4) is 0 Å². The smallest absolute Gasteiger partial charge is 0.223 e. The van der Waals surface area contributed by atoms with Gasteiger partial charge in [-0.3, -0.25) is 4.79 Å². The molecule has 2 bridgehead atoms. The largest absolute Gasteiger partial charge is 0.337 e. The summed E-state index contributed by atoms with van der Waals surface area (Å²) in [5, 5.41) is -0.251. The first-order chi connectivity index (χ1) is 8.43. The summed E-state index contributed by atoms with van der Waals surface area (Å²) in [5.74, 6) is 0.161. The van der Waals surface area contributed by atoms with Crippen LogP contribution in [-0.2, 0) is 14.6 Å². The van der Waals surface area contributed by atoms with Gasteiger partial charge in [0.2, 0.25) is 5.91 Å². The molecular formula is C13H21NO3S. The summed E-state index contributed by atoms with van der Waals surface area (Å²) in [6.45, 7) is 3.63. The van der Waals surface area contributed by atoms with Crippen molar-refractivity contribution in [2.75, 3.05) is 6.26 Å². The van der Waals surface area contributed by atoms with E-state index in [0.29, 0.717) is 25.7 Å². The highest BCUT2D eigenvalue weighted by molar-refractivity contribution is 7.91. The Balaban J connectivity index is 2.06. The zero-order chi connectivity index (χ0) is 13.3. The number of allylic oxidation sites excluding steroid dienone is 1. The van der Waals surface area contributed by atoms with Gasteiger partial charge in [0, 0.05) is 24.8 Å². The molecule has 0 aliphatic carbocycles. The van der Waals surface area contributed by atoms with Crippen molar-refractivity contribution in [2.45, 2.75) is 55.9 Å². The maximum absolute atomic E-state index is 12.1. The van der Waals surface area contributed by atoms with Gasteiger partial charge < -0.3 is 4.90 Å². The average Bonchev–Trinajstić information content (AvgIpc) is 2.55. The molecule has 0 saturated carbocycles. The number of carbonyl (C=O) groups is 1.